The number of hydrogen-bond acceptors (Lipinski definition) is 2. The first-order valence-corrected chi connectivity index (χ1v) is 7.70. The van der Waals surface area contributed by atoms with Crippen molar-refractivity contribution in [3.05, 3.63) is 64.2 Å². The number of halogens is 1. The molecule has 2 rings (SSSR count). The van der Waals surface area contributed by atoms with Crippen molar-refractivity contribution in [1.82, 2.24) is 0 Å². The van der Waals surface area contributed by atoms with Crippen molar-refractivity contribution < 1.29 is 13.0 Å². The van der Waals surface area contributed by atoms with Gasteiger partial charge in [-0.3, -0.25) is 4.55 Å². The third kappa shape index (κ3) is 3.48. The van der Waals surface area contributed by atoms with Gasteiger partial charge in [0.2, 0.25) is 0 Å². The van der Waals surface area contributed by atoms with Crippen molar-refractivity contribution in [3.8, 4) is 0 Å². The van der Waals surface area contributed by atoms with Gasteiger partial charge in [0.15, 0.2) is 0 Å². The number of aryl methyl sites for hydroxylation is 1. The lowest BCUT2D eigenvalue weighted by Crippen LogP contribution is -2.00. The molecule has 2 aromatic carbocycles. The molecule has 20 heavy (non-hydrogen) atoms. The molecule has 0 saturated carbocycles. The van der Waals surface area contributed by atoms with Crippen LogP contribution in [0.15, 0.2) is 47.4 Å². The maximum Gasteiger partial charge on any atom is 0.295 e. The van der Waals surface area contributed by atoms with Gasteiger partial charge in [0.25, 0.3) is 10.1 Å². The van der Waals surface area contributed by atoms with E-state index in [2.05, 4.69) is 0 Å². The highest BCUT2D eigenvalue weighted by Crippen LogP contribution is 2.22. The standard InChI is InChI=1S/C15H13ClO3S/c1-11-6-9-15(20(17,18)19)13(10-11)8-7-12-4-2-3-5-14(12)16/h2-10H,1H3,(H,17,18,19). The van der Waals surface area contributed by atoms with Gasteiger partial charge in [-0.25, -0.2) is 0 Å². The third-order valence-electron chi connectivity index (χ3n) is 2.79. The summed E-state index contributed by atoms with van der Waals surface area (Å²) in [6.07, 6.45) is 3.34. The Morgan fingerprint density at radius 2 is 1.70 bits per heavy atom. The topological polar surface area (TPSA) is 54.4 Å². The summed E-state index contributed by atoms with van der Waals surface area (Å²) in [4.78, 5) is -0.119. The summed E-state index contributed by atoms with van der Waals surface area (Å²) in [7, 11) is -4.25. The fraction of sp³-hybridized carbons (Fsp3) is 0.0667. The maximum absolute atomic E-state index is 11.3. The van der Waals surface area contributed by atoms with Crippen LogP contribution in [0.2, 0.25) is 5.02 Å². The maximum atomic E-state index is 11.3. The van der Waals surface area contributed by atoms with Crippen LogP contribution >= 0.6 is 11.6 Å². The molecule has 0 radical (unpaired) electrons. The van der Waals surface area contributed by atoms with Gasteiger partial charge in [0, 0.05) is 5.02 Å². The van der Waals surface area contributed by atoms with Crippen molar-refractivity contribution in [2.24, 2.45) is 0 Å². The predicted molar refractivity (Wildman–Crippen MR) is 81.4 cm³/mol. The summed E-state index contributed by atoms with van der Waals surface area (Å²) >= 11 is 6.03. The molecule has 5 heteroatoms. The number of rotatable bonds is 3. The summed E-state index contributed by atoms with van der Waals surface area (Å²) in [5.41, 5.74) is 2.10. The molecule has 104 valence electrons. The van der Waals surface area contributed by atoms with E-state index in [4.69, 9.17) is 11.6 Å². The zero-order valence-corrected chi connectivity index (χ0v) is 12.3. The number of hydrogen-bond donors (Lipinski definition) is 1. The summed E-state index contributed by atoms with van der Waals surface area (Å²) in [5.74, 6) is 0. The second-order valence-electron chi connectivity index (χ2n) is 4.37. The van der Waals surface area contributed by atoms with Crippen LogP contribution < -0.4 is 0 Å². The Labute approximate surface area is 123 Å². The van der Waals surface area contributed by atoms with Crippen LogP contribution in [-0.4, -0.2) is 13.0 Å². The minimum Gasteiger partial charge on any atom is -0.282 e. The Morgan fingerprint density at radius 3 is 2.35 bits per heavy atom. The molecule has 2 aromatic rings. The van der Waals surface area contributed by atoms with Crippen LogP contribution in [0.3, 0.4) is 0 Å². The van der Waals surface area contributed by atoms with Crippen molar-refractivity contribution in [2.45, 2.75) is 11.8 Å². The minimum atomic E-state index is -4.25. The molecular formula is C15H13ClO3S. The van der Waals surface area contributed by atoms with Gasteiger partial charge in [-0.05, 0) is 30.2 Å². The van der Waals surface area contributed by atoms with Gasteiger partial charge < -0.3 is 0 Å². The molecular weight excluding hydrogens is 296 g/mol. The Morgan fingerprint density at radius 1 is 1.05 bits per heavy atom. The van der Waals surface area contributed by atoms with E-state index in [1.165, 1.54) is 6.07 Å². The molecule has 0 bridgehead atoms. The molecule has 0 fully saturated rings. The molecule has 0 aliphatic rings. The van der Waals surface area contributed by atoms with Crippen LogP contribution in [0.4, 0.5) is 0 Å². The van der Waals surface area contributed by atoms with E-state index >= 15 is 0 Å². The van der Waals surface area contributed by atoms with E-state index < -0.39 is 10.1 Å². The van der Waals surface area contributed by atoms with Gasteiger partial charge in [-0.2, -0.15) is 8.42 Å². The zero-order chi connectivity index (χ0) is 14.8. The summed E-state index contributed by atoms with van der Waals surface area (Å²) in [6, 6.07) is 11.9. The molecule has 0 aromatic heterocycles. The predicted octanol–water partition coefficient (Wildman–Crippen LogP) is 4.07. The second kappa shape index (κ2) is 5.79. The fourth-order valence-corrected chi connectivity index (χ4v) is 2.69. The van der Waals surface area contributed by atoms with Gasteiger partial charge >= 0.3 is 0 Å². The molecule has 0 heterocycles. The van der Waals surface area contributed by atoms with Crippen LogP contribution in [0.1, 0.15) is 16.7 Å². The lowest BCUT2D eigenvalue weighted by atomic mass is 10.1. The Bertz CT molecular complexity index is 764. The SMILES string of the molecule is Cc1ccc(S(=O)(=O)O)c(C=Cc2ccccc2Cl)c1. The van der Waals surface area contributed by atoms with Crippen molar-refractivity contribution >= 4 is 33.9 Å². The van der Waals surface area contributed by atoms with E-state index in [1.54, 1.807) is 30.4 Å². The Balaban J connectivity index is 2.49. The monoisotopic (exact) mass is 308 g/mol. The van der Waals surface area contributed by atoms with E-state index in [1.807, 2.05) is 25.1 Å². The molecule has 0 atom stereocenters. The summed E-state index contributed by atoms with van der Waals surface area (Å²) in [5, 5.41) is 0.574. The molecule has 3 nitrogen and oxygen atoms in total. The first kappa shape index (κ1) is 14.8. The summed E-state index contributed by atoms with van der Waals surface area (Å²) in [6.45, 7) is 1.85. The van der Waals surface area contributed by atoms with Crippen LogP contribution in [0.25, 0.3) is 12.2 Å². The normalized spacial score (nSPS) is 11.9. The molecule has 0 unspecified atom stereocenters. The van der Waals surface area contributed by atoms with E-state index in [0.717, 1.165) is 11.1 Å². The van der Waals surface area contributed by atoms with Crippen LogP contribution in [-0.2, 0) is 10.1 Å². The summed E-state index contributed by atoms with van der Waals surface area (Å²) < 4.78 is 31.9. The van der Waals surface area contributed by atoms with Gasteiger partial charge in [-0.15, -0.1) is 0 Å². The first-order valence-electron chi connectivity index (χ1n) is 5.89. The van der Waals surface area contributed by atoms with Crippen LogP contribution in [0, 0.1) is 6.92 Å². The molecule has 0 aliphatic heterocycles. The van der Waals surface area contributed by atoms with Crippen LogP contribution in [0.5, 0.6) is 0 Å². The highest BCUT2D eigenvalue weighted by Gasteiger charge is 2.13. The van der Waals surface area contributed by atoms with E-state index in [9.17, 15) is 13.0 Å². The molecule has 0 aliphatic carbocycles. The third-order valence-corrected chi connectivity index (χ3v) is 4.06. The second-order valence-corrected chi connectivity index (χ2v) is 6.17. The lowest BCUT2D eigenvalue weighted by Gasteiger charge is -2.04. The average molecular weight is 309 g/mol. The molecule has 1 N–H and O–H groups in total. The average Bonchev–Trinajstić information content (AvgIpc) is 2.36. The van der Waals surface area contributed by atoms with Crippen molar-refractivity contribution in [2.75, 3.05) is 0 Å². The largest absolute Gasteiger partial charge is 0.295 e. The van der Waals surface area contributed by atoms with Crippen molar-refractivity contribution in [1.29, 1.82) is 0 Å². The molecule has 0 amide bonds. The zero-order valence-electron chi connectivity index (χ0n) is 10.7. The highest BCUT2D eigenvalue weighted by atomic mass is 35.5. The fourth-order valence-electron chi connectivity index (χ4n) is 1.82. The lowest BCUT2D eigenvalue weighted by molar-refractivity contribution is 0.483. The quantitative estimate of drug-likeness (QED) is 0.687. The first-order chi connectivity index (χ1) is 9.38. The van der Waals surface area contributed by atoms with Gasteiger partial charge in [0.1, 0.15) is 4.90 Å². The highest BCUT2D eigenvalue weighted by molar-refractivity contribution is 7.85. The van der Waals surface area contributed by atoms with E-state index in [0.29, 0.717) is 10.6 Å². The van der Waals surface area contributed by atoms with Crippen molar-refractivity contribution in [3.63, 3.8) is 0 Å². The Hall–Kier alpha value is -1.62. The minimum absolute atomic E-state index is 0.119. The van der Waals surface area contributed by atoms with Gasteiger partial charge in [-0.1, -0.05) is 59.6 Å². The smallest absolute Gasteiger partial charge is 0.282 e. The molecule has 0 saturated heterocycles. The Kier molecular flexibility index (Phi) is 4.28. The van der Waals surface area contributed by atoms with Gasteiger partial charge in [0.05, 0.1) is 0 Å². The van der Waals surface area contributed by atoms with E-state index in [-0.39, 0.29) is 4.90 Å². The molecule has 0 spiro atoms. The number of benzene rings is 2.